The minimum absolute atomic E-state index is 0.127. The van der Waals surface area contributed by atoms with Crippen molar-refractivity contribution in [3.63, 3.8) is 0 Å². The Balaban J connectivity index is 3.17. The summed E-state index contributed by atoms with van der Waals surface area (Å²) >= 11 is 5.40. The molecule has 1 aromatic rings. The van der Waals surface area contributed by atoms with Gasteiger partial charge in [0.1, 0.15) is 10.6 Å². The van der Waals surface area contributed by atoms with Gasteiger partial charge < -0.3 is 0 Å². The fourth-order valence-corrected chi connectivity index (χ4v) is 0.743. The van der Waals surface area contributed by atoms with Crippen LogP contribution in [0.3, 0.4) is 0 Å². The summed E-state index contributed by atoms with van der Waals surface area (Å²) < 4.78 is 12.3. The van der Waals surface area contributed by atoms with Gasteiger partial charge in [-0.1, -0.05) is 11.6 Å². The van der Waals surface area contributed by atoms with Gasteiger partial charge in [0.05, 0.1) is 6.07 Å². The molecule has 9 heavy (non-hydrogen) atoms. The second-order valence-corrected chi connectivity index (χ2v) is 2.16. The van der Waals surface area contributed by atoms with E-state index in [1.807, 2.05) is 0 Å². The lowest BCUT2D eigenvalue weighted by Crippen LogP contribution is -1.76. The van der Waals surface area contributed by atoms with Crippen molar-refractivity contribution in [2.45, 2.75) is 0 Å². The van der Waals surface area contributed by atoms with E-state index in [-0.39, 0.29) is 5.02 Å². The Bertz CT molecular complexity index is 220. The van der Waals surface area contributed by atoms with E-state index in [9.17, 15) is 4.39 Å². The Labute approximate surface area is 58.3 Å². The highest BCUT2D eigenvalue weighted by molar-refractivity contribution is 6.30. The van der Waals surface area contributed by atoms with Crippen molar-refractivity contribution in [1.29, 1.82) is 0 Å². The average molecular weight is 144 g/mol. The second kappa shape index (κ2) is 2.28. The highest BCUT2D eigenvalue weighted by Crippen LogP contribution is 2.14. The monoisotopic (exact) mass is 143 g/mol. The van der Waals surface area contributed by atoms with Crippen LogP contribution >= 0.6 is 11.6 Å². The maximum Gasteiger partial charge on any atom is 0.168 e. The Hall–Kier alpha value is -0.690. The molecule has 0 aliphatic heterocycles. The molecule has 0 radical (unpaired) electrons. The molecule has 0 spiro atoms. The van der Waals surface area contributed by atoms with Crippen LogP contribution in [0.2, 0.25) is 5.02 Å². The first-order valence-electron chi connectivity index (χ1n) is 2.47. The maximum atomic E-state index is 12.3. The van der Waals surface area contributed by atoms with Crippen molar-refractivity contribution in [2.75, 3.05) is 0 Å². The van der Waals surface area contributed by atoms with Crippen LogP contribution in [-0.2, 0) is 0 Å². The Kier molecular flexibility index (Phi) is 1.63. The molecule has 0 saturated carbocycles. The maximum absolute atomic E-state index is 12.3. The van der Waals surface area contributed by atoms with Crippen LogP contribution in [-0.4, -0.2) is 0 Å². The lowest BCUT2D eigenvalue weighted by atomic mass is 10.2. The van der Waals surface area contributed by atoms with Gasteiger partial charge in [0.15, 0.2) is 5.82 Å². The summed E-state index contributed by atoms with van der Waals surface area (Å²) in [6.07, 6.45) is 0. The molecule has 0 aromatic heterocycles. The van der Waals surface area contributed by atoms with Crippen molar-refractivity contribution in [1.82, 2.24) is 0 Å². The zero-order valence-electron chi connectivity index (χ0n) is 4.70. The Morgan fingerprint density at radius 1 is 1.44 bits per heavy atom. The smallest absolute Gasteiger partial charge is 0.168 e. The molecule has 0 unspecified atom stereocenters. The van der Waals surface area contributed by atoms with E-state index in [1.165, 1.54) is 12.1 Å². The summed E-state index contributed by atoms with van der Waals surface area (Å²) in [5, 5.41) is 0.127. The normalized spacial score (nSPS) is 9.56. The fourth-order valence-electron chi connectivity index (χ4n) is 0.540. The predicted molar refractivity (Wildman–Crippen MR) is 35.9 cm³/mol. The topological polar surface area (TPSA) is 0 Å². The molecule has 1 aromatic carbocycles. The van der Waals surface area contributed by atoms with E-state index in [0.29, 0.717) is 0 Å². The molecular weight excluding hydrogens is 139 g/mol. The lowest BCUT2D eigenvalue weighted by molar-refractivity contribution is 0.628. The number of hydrogen-bond donors (Lipinski definition) is 0. The van der Waals surface area contributed by atoms with Gasteiger partial charge in [-0.15, -0.1) is 0 Å². The van der Waals surface area contributed by atoms with Crippen LogP contribution in [0.4, 0.5) is 4.39 Å². The molecule has 0 saturated heterocycles. The molecule has 2 heteroatoms. The van der Waals surface area contributed by atoms with E-state index in [4.69, 9.17) is 11.6 Å². The molecule has 0 bridgehead atoms. The third-order valence-electron chi connectivity index (χ3n) is 0.984. The zero-order valence-corrected chi connectivity index (χ0v) is 5.45. The highest BCUT2D eigenvalue weighted by Gasteiger charge is 2.02. The summed E-state index contributed by atoms with van der Waals surface area (Å²) in [6, 6.07) is 4.35. The van der Waals surface area contributed by atoms with Crippen molar-refractivity contribution < 1.29 is 4.39 Å². The minimum Gasteiger partial charge on any atom is -0.203 e. The van der Waals surface area contributed by atoms with Gasteiger partial charge in [-0.3, -0.25) is 0 Å². The first kappa shape index (κ1) is 6.43. The molecule has 0 N–H and O–H groups in total. The van der Waals surface area contributed by atoms with Crippen LogP contribution in [0.5, 0.6) is 0 Å². The van der Waals surface area contributed by atoms with E-state index in [0.717, 1.165) is 5.56 Å². The second-order valence-electron chi connectivity index (χ2n) is 1.75. The predicted octanol–water partition coefficient (Wildman–Crippen LogP) is 2.66. The largest absolute Gasteiger partial charge is 0.203 e. The first-order valence-corrected chi connectivity index (χ1v) is 2.85. The van der Waals surface area contributed by atoms with Crippen LogP contribution < -0.4 is 0 Å². The van der Waals surface area contributed by atoms with E-state index in [2.05, 4.69) is 6.92 Å². The molecule has 0 aliphatic carbocycles. The minimum atomic E-state index is -0.399. The SMILES string of the molecule is [CH2+]c1ccc(F)c(Cl)c1. The average Bonchev–Trinajstić information content (AvgIpc) is 1.80. The van der Waals surface area contributed by atoms with E-state index < -0.39 is 5.82 Å². The molecule has 0 heterocycles. The van der Waals surface area contributed by atoms with Crippen LogP contribution in [0.15, 0.2) is 18.2 Å². The van der Waals surface area contributed by atoms with Gasteiger partial charge in [0.2, 0.25) is 0 Å². The third-order valence-corrected chi connectivity index (χ3v) is 1.27. The number of halogens is 2. The van der Waals surface area contributed by atoms with Crippen molar-refractivity contribution in [3.05, 3.63) is 41.5 Å². The van der Waals surface area contributed by atoms with Gasteiger partial charge >= 0.3 is 0 Å². The molecule has 46 valence electrons. The lowest BCUT2D eigenvalue weighted by Gasteiger charge is -1.85. The summed E-state index contributed by atoms with van der Waals surface area (Å²) in [4.78, 5) is 0. The third kappa shape index (κ3) is 1.36. The van der Waals surface area contributed by atoms with Gasteiger partial charge in [0, 0.05) is 19.1 Å². The van der Waals surface area contributed by atoms with Crippen LogP contribution in [0.1, 0.15) is 5.56 Å². The Morgan fingerprint density at radius 3 is 2.56 bits per heavy atom. The van der Waals surface area contributed by atoms with Gasteiger partial charge in [-0.05, 0) is 0 Å². The number of benzene rings is 1. The summed E-state index contributed by atoms with van der Waals surface area (Å²) in [7, 11) is 0. The van der Waals surface area contributed by atoms with E-state index in [1.54, 1.807) is 6.07 Å². The summed E-state index contributed by atoms with van der Waals surface area (Å²) in [5.41, 5.74) is 0.724. The highest BCUT2D eigenvalue weighted by atomic mass is 35.5. The Morgan fingerprint density at radius 2 is 2.11 bits per heavy atom. The van der Waals surface area contributed by atoms with Gasteiger partial charge in [0.25, 0.3) is 0 Å². The van der Waals surface area contributed by atoms with Crippen molar-refractivity contribution in [3.8, 4) is 0 Å². The molecule has 0 aliphatic rings. The van der Waals surface area contributed by atoms with Gasteiger partial charge in [-0.25, -0.2) is 4.39 Å². The fraction of sp³-hybridized carbons (Fsp3) is 0. The quantitative estimate of drug-likeness (QED) is 0.490. The molecule has 0 fully saturated rings. The standard InChI is InChI=1S/C7H5ClF/c1-5-2-3-7(9)6(8)4-5/h2-4H,1H2/q+1. The molecule has 0 amide bonds. The molecule has 1 rings (SSSR count). The molecule has 0 nitrogen and oxygen atoms in total. The van der Waals surface area contributed by atoms with Crippen LogP contribution in [0, 0.1) is 12.7 Å². The summed E-state index contributed by atoms with van der Waals surface area (Å²) in [5.74, 6) is -0.399. The summed E-state index contributed by atoms with van der Waals surface area (Å²) in [6.45, 7) is 3.57. The first-order chi connectivity index (χ1) is 4.20. The molecule has 0 atom stereocenters. The van der Waals surface area contributed by atoms with Gasteiger partial charge in [-0.2, -0.15) is 0 Å². The van der Waals surface area contributed by atoms with Crippen molar-refractivity contribution >= 4 is 11.6 Å². The zero-order chi connectivity index (χ0) is 6.85. The van der Waals surface area contributed by atoms with E-state index >= 15 is 0 Å². The van der Waals surface area contributed by atoms with Crippen molar-refractivity contribution in [2.24, 2.45) is 0 Å². The number of rotatable bonds is 0. The van der Waals surface area contributed by atoms with Crippen LogP contribution in [0.25, 0.3) is 0 Å². The number of hydrogen-bond acceptors (Lipinski definition) is 0. The molecular formula is C7H5ClF+.